The van der Waals surface area contributed by atoms with Crippen LogP contribution in [-0.2, 0) is 11.3 Å². The fourth-order valence-electron chi connectivity index (χ4n) is 2.41. The number of nitriles is 1. The van der Waals surface area contributed by atoms with Gasteiger partial charge in [0.1, 0.15) is 11.6 Å². The number of guanidine groups is 1. The number of hydrogen-bond donors (Lipinski definition) is 2. The molecule has 0 bridgehead atoms. The van der Waals surface area contributed by atoms with Crippen LogP contribution in [0.4, 0.5) is 10.1 Å². The Balaban J connectivity index is 0.00000420. The van der Waals surface area contributed by atoms with Crippen LogP contribution in [0.1, 0.15) is 24.5 Å². The predicted molar refractivity (Wildman–Crippen MR) is 123 cm³/mol. The van der Waals surface area contributed by atoms with Crippen molar-refractivity contribution in [2.75, 3.05) is 32.2 Å². The minimum atomic E-state index is -0.440. The molecule has 29 heavy (non-hydrogen) atoms. The van der Waals surface area contributed by atoms with Crippen molar-refractivity contribution in [2.45, 2.75) is 19.9 Å². The van der Waals surface area contributed by atoms with E-state index >= 15 is 0 Å². The van der Waals surface area contributed by atoms with Crippen LogP contribution in [0, 0.1) is 17.1 Å². The highest BCUT2D eigenvalue weighted by Crippen LogP contribution is 2.18. The zero-order valence-corrected chi connectivity index (χ0v) is 18.9. The van der Waals surface area contributed by atoms with Crippen LogP contribution in [0.25, 0.3) is 0 Å². The summed E-state index contributed by atoms with van der Waals surface area (Å²) >= 11 is 0. The number of rotatable bonds is 9. The molecule has 2 rings (SSSR count). The second-order valence-electron chi connectivity index (χ2n) is 5.96. The van der Waals surface area contributed by atoms with Gasteiger partial charge in [-0.25, -0.2) is 9.38 Å². The van der Waals surface area contributed by atoms with Gasteiger partial charge in [0.05, 0.1) is 24.8 Å². The van der Waals surface area contributed by atoms with E-state index in [4.69, 9.17) is 14.7 Å². The highest BCUT2D eigenvalue weighted by Gasteiger charge is 2.05. The van der Waals surface area contributed by atoms with Crippen LogP contribution < -0.4 is 15.4 Å². The van der Waals surface area contributed by atoms with Gasteiger partial charge in [-0.15, -0.1) is 24.0 Å². The summed E-state index contributed by atoms with van der Waals surface area (Å²) < 4.78 is 24.7. The molecule has 0 fully saturated rings. The van der Waals surface area contributed by atoms with Crippen molar-refractivity contribution in [1.29, 1.82) is 5.26 Å². The molecule has 0 heterocycles. The largest absolute Gasteiger partial charge is 0.493 e. The lowest BCUT2D eigenvalue weighted by Crippen LogP contribution is -2.30. The maximum absolute atomic E-state index is 14.0. The standard InChI is InChI=1S/C21H25FN4O2.HI/c1-3-24-21(25-15-17-9-8-16(14-23)12-20(17)22)26-18-6-4-7-19(13-18)28-11-5-10-27-2;/h4,6-9,12-13H,3,5,10-11,15H2,1-2H3,(H2,24,25,26);1H. The zero-order chi connectivity index (χ0) is 20.2. The van der Waals surface area contributed by atoms with Crippen molar-refractivity contribution in [2.24, 2.45) is 4.99 Å². The number of methoxy groups -OCH3 is 1. The number of benzene rings is 2. The minimum absolute atomic E-state index is 0. The Bertz CT molecular complexity index is 840. The molecule has 0 aliphatic rings. The molecule has 0 unspecified atom stereocenters. The number of aliphatic imine (C=N–C) groups is 1. The molecule has 0 radical (unpaired) electrons. The van der Waals surface area contributed by atoms with Crippen molar-refractivity contribution < 1.29 is 13.9 Å². The Morgan fingerprint density at radius 2 is 2.03 bits per heavy atom. The molecule has 0 spiro atoms. The van der Waals surface area contributed by atoms with Gasteiger partial charge in [-0.1, -0.05) is 12.1 Å². The molecule has 0 saturated carbocycles. The number of anilines is 1. The van der Waals surface area contributed by atoms with Gasteiger partial charge in [0.25, 0.3) is 0 Å². The first kappa shape index (κ1) is 24.7. The lowest BCUT2D eigenvalue weighted by molar-refractivity contribution is 0.172. The fourth-order valence-corrected chi connectivity index (χ4v) is 2.41. The molecule has 2 aromatic carbocycles. The number of ether oxygens (including phenoxy) is 2. The van der Waals surface area contributed by atoms with Gasteiger partial charge >= 0.3 is 0 Å². The van der Waals surface area contributed by atoms with E-state index in [1.54, 1.807) is 19.2 Å². The first-order chi connectivity index (χ1) is 13.7. The lowest BCUT2D eigenvalue weighted by Gasteiger charge is -2.13. The van der Waals surface area contributed by atoms with Crippen molar-refractivity contribution in [3.8, 4) is 11.8 Å². The van der Waals surface area contributed by atoms with Gasteiger partial charge < -0.3 is 20.1 Å². The summed E-state index contributed by atoms with van der Waals surface area (Å²) in [5, 5.41) is 15.2. The third-order valence-corrected chi connectivity index (χ3v) is 3.79. The summed E-state index contributed by atoms with van der Waals surface area (Å²) in [5.41, 5.74) is 1.52. The summed E-state index contributed by atoms with van der Waals surface area (Å²) in [7, 11) is 1.66. The van der Waals surface area contributed by atoms with Gasteiger partial charge in [-0.3, -0.25) is 0 Å². The van der Waals surface area contributed by atoms with E-state index in [9.17, 15) is 4.39 Å². The van der Waals surface area contributed by atoms with Crippen LogP contribution in [0.5, 0.6) is 5.75 Å². The third-order valence-electron chi connectivity index (χ3n) is 3.79. The molecule has 2 aromatic rings. The molecule has 0 amide bonds. The summed E-state index contributed by atoms with van der Waals surface area (Å²) in [5.74, 6) is 0.836. The number of halogens is 2. The van der Waals surface area contributed by atoms with Crippen molar-refractivity contribution >= 4 is 35.6 Å². The molecule has 0 atom stereocenters. The molecule has 0 saturated heterocycles. The molecule has 8 heteroatoms. The average Bonchev–Trinajstić information content (AvgIpc) is 2.70. The summed E-state index contributed by atoms with van der Waals surface area (Å²) in [6, 6.07) is 13.8. The number of nitrogens with one attached hydrogen (secondary N) is 2. The topological polar surface area (TPSA) is 78.7 Å². The highest BCUT2D eigenvalue weighted by atomic mass is 127. The molecule has 0 aromatic heterocycles. The second-order valence-corrected chi connectivity index (χ2v) is 5.96. The predicted octanol–water partition coefficient (Wildman–Crippen LogP) is 4.31. The maximum Gasteiger partial charge on any atom is 0.196 e. The first-order valence-corrected chi connectivity index (χ1v) is 9.12. The Kier molecular flexibility index (Phi) is 11.7. The fraction of sp³-hybridized carbons (Fsp3) is 0.333. The van der Waals surface area contributed by atoms with Gasteiger partial charge in [-0.05, 0) is 31.2 Å². The molecular formula is C21H26FIN4O2. The van der Waals surface area contributed by atoms with E-state index in [0.717, 1.165) is 17.9 Å². The van der Waals surface area contributed by atoms with E-state index in [-0.39, 0.29) is 36.1 Å². The van der Waals surface area contributed by atoms with Crippen LogP contribution >= 0.6 is 24.0 Å². The summed E-state index contributed by atoms with van der Waals surface area (Å²) in [6.07, 6.45) is 0.814. The Hall–Kier alpha value is -2.38. The monoisotopic (exact) mass is 512 g/mol. The van der Waals surface area contributed by atoms with Crippen LogP contribution in [0.15, 0.2) is 47.5 Å². The summed E-state index contributed by atoms with van der Waals surface area (Å²) in [4.78, 5) is 4.43. The molecule has 0 aliphatic heterocycles. The van der Waals surface area contributed by atoms with Crippen LogP contribution in [-0.4, -0.2) is 32.8 Å². The number of nitrogens with zero attached hydrogens (tertiary/aromatic N) is 2. The Morgan fingerprint density at radius 3 is 2.72 bits per heavy atom. The average molecular weight is 512 g/mol. The van der Waals surface area contributed by atoms with Crippen molar-refractivity contribution in [3.05, 3.63) is 59.4 Å². The summed E-state index contributed by atoms with van der Waals surface area (Å²) in [6.45, 7) is 3.99. The maximum atomic E-state index is 14.0. The Labute approximate surface area is 188 Å². The molecule has 2 N–H and O–H groups in total. The SMILES string of the molecule is CCNC(=NCc1ccc(C#N)cc1F)Nc1cccc(OCCCOC)c1.I. The minimum Gasteiger partial charge on any atom is -0.493 e. The zero-order valence-electron chi connectivity index (χ0n) is 16.6. The van der Waals surface area contributed by atoms with Gasteiger partial charge in [0.2, 0.25) is 0 Å². The normalized spacial score (nSPS) is 10.6. The van der Waals surface area contributed by atoms with E-state index < -0.39 is 5.82 Å². The third kappa shape index (κ3) is 8.66. The van der Waals surface area contributed by atoms with E-state index in [0.29, 0.717) is 31.3 Å². The molecule has 156 valence electrons. The van der Waals surface area contributed by atoms with Crippen LogP contribution in [0.3, 0.4) is 0 Å². The van der Waals surface area contributed by atoms with Crippen molar-refractivity contribution in [1.82, 2.24) is 5.32 Å². The van der Waals surface area contributed by atoms with Gasteiger partial charge in [-0.2, -0.15) is 5.26 Å². The molecular weight excluding hydrogens is 486 g/mol. The highest BCUT2D eigenvalue weighted by molar-refractivity contribution is 14.0. The second kappa shape index (κ2) is 13.7. The molecule has 0 aliphatic carbocycles. The van der Waals surface area contributed by atoms with Gasteiger partial charge in [0.15, 0.2) is 5.96 Å². The lowest BCUT2D eigenvalue weighted by atomic mass is 10.1. The molecule has 6 nitrogen and oxygen atoms in total. The number of hydrogen-bond acceptors (Lipinski definition) is 4. The first-order valence-electron chi connectivity index (χ1n) is 9.12. The van der Waals surface area contributed by atoms with E-state index in [1.807, 2.05) is 37.3 Å². The van der Waals surface area contributed by atoms with Gasteiger partial charge in [0, 0.05) is 44.0 Å². The Morgan fingerprint density at radius 1 is 1.21 bits per heavy atom. The smallest absolute Gasteiger partial charge is 0.196 e. The van der Waals surface area contributed by atoms with Crippen LogP contribution in [0.2, 0.25) is 0 Å². The van der Waals surface area contributed by atoms with Crippen molar-refractivity contribution in [3.63, 3.8) is 0 Å². The van der Waals surface area contributed by atoms with E-state index in [2.05, 4.69) is 15.6 Å². The quantitative estimate of drug-likeness (QED) is 0.227. The van der Waals surface area contributed by atoms with E-state index in [1.165, 1.54) is 6.07 Å².